The van der Waals surface area contributed by atoms with Crippen LogP contribution in [0, 0.1) is 5.92 Å². The van der Waals surface area contributed by atoms with Crippen molar-refractivity contribution in [2.24, 2.45) is 5.92 Å². The van der Waals surface area contributed by atoms with E-state index >= 15 is 0 Å². The van der Waals surface area contributed by atoms with Gasteiger partial charge in [0.15, 0.2) is 5.82 Å². The lowest BCUT2D eigenvalue weighted by Gasteiger charge is -2.30. The van der Waals surface area contributed by atoms with Gasteiger partial charge in [-0.2, -0.15) is 4.98 Å². The molecule has 1 N–H and O–H groups in total. The minimum atomic E-state index is 0.263. The van der Waals surface area contributed by atoms with Crippen LogP contribution in [-0.2, 0) is 6.42 Å². The van der Waals surface area contributed by atoms with E-state index in [-0.39, 0.29) is 6.04 Å². The van der Waals surface area contributed by atoms with Gasteiger partial charge in [0.1, 0.15) is 0 Å². The zero-order chi connectivity index (χ0) is 14.5. The molecule has 0 spiro atoms. The monoisotopic (exact) mass is 292 g/mol. The summed E-state index contributed by atoms with van der Waals surface area (Å²) >= 11 is 0. The van der Waals surface area contributed by atoms with E-state index in [1.807, 2.05) is 0 Å². The number of rotatable bonds is 4. The van der Waals surface area contributed by atoms with Crippen LogP contribution < -0.4 is 5.32 Å². The summed E-state index contributed by atoms with van der Waals surface area (Å²) in [5.41, 5.74) is 0. The maximum atomic E-state index is 5.52. The molecule has 2 heterocycles. The molecule has 118 valence electrons. The van der Waals surface area contributed by atoms with Crippen molar-refractivity contribution < 1.29 is 4.52 Å². The minimum absolute atomic E-state index is 0.263. The molecule has 0 bridgehead atoms. The summed E-state index contributed by atoms with van der Waals surface area (Å²) in [4.78, 5) is 7.10. The van der Waals surface area contributed by atoms with Crippen LogP contribution in [0.25, 0.3) is 0 Å². The first-order valence-corrected chi connectivity index (χ1v) is 8.60. The lowest BCUT2D eigenvalue weighted by molar-refractivity contribution is 0.176. The molecule has 5 nitrogen and oxygen atoms in total. The van der Waals surface area contributed by atoms with E-state index in [2.05, 4.69) is 27.3 Å². The largest absolute Gasteiger partial charge is 0.339 e. The number of nitrogens with zero attached hydrogens (tertiary/aromatic N) is 3. The zero-order valence-corrected chi connectivity index (χ0v) is 13.2. The Kier molecular flexibility index (Phi) is 5.25. The van der Waals surface area contributed by atoms with E-state index in [4.69, 9.17) is 4.52 Å². The van der Waals surface area contributed by atoms with Gasteiger partial charge in [0.25, 0.3) is 0 Å². The highest BCUT2D eigenvalue weighted by atomic mass is 16.5. The highest BCUT2D eigenvalue weighted by molar-refractivity contribution is 4.95. The van der Waals surface area contributed by atoms with Crippen LogP contribution in [0.5, 0.6) is 0 Å². The average molecular weight is 292 g/mol. The molecule has 1 aliphatic heterocycles. The lowest BCUT2D eigenvalue weighted by atomic mass is 9.97. The Morgan fingerprint density at radius 1 is 1.19 bits per heavy atom. The maximum Gasteiger partial charge on any atom is 0.226 e. The van der Waals surface area contributed by atoms with Crippen LogP contribution in [0.3, 0.4) is 0 Å². The van der Waals surface area contributed by atoms with E-state index in [1.54, 1.807) is 0 Å². The molecule has 2 aliphatic rings. The highest BCUT2D eigenvalue weighted by Crippen LogP contribution is 2.26. The third kappa shape index (κ3) is 4.04. The molecule has 0 aromatic carbocycles. The van der Waals surface area contributed by atoms with Gasteiger partial charge in [-0.3, -0.25) is 4.90 Å². The number of nitrogens with one attached hydrogen (secondary N) is 1. The molecule has 5 heteroatoms. The number of aromatic nitrogens is 2. The van der Waals surface area contributed by atoms with Gasteiger partial charge >= 0.3 is 0 Å². The van der Waals surface area contributed by atoms with Crippen molar-refractivity contribution in [2.45, 2.75) is 57.9 Å². The SMILES string of the molecule is CC(c1noc(CC2CCCCCC2)n1)N1CCNCC1. The van der Waals surface area contributed by atoms with Crippen molar-refractivity contribution in [1.82, 2.24) is 20.4 Å². The first-order valence-electron chi connectivity index (χ1n) is 8.60. The summed E-state index contributed by atoms with van der Waals surface area (Å²) in [7, 11) is 0. The van der Waals surface area contributed by atoms with Crippen LogP contribution in [0.1, 0.15) is 63.2 Å². The van der Waals surface area contributed by atoms with Crippen molar-refractivity contribution in [3.63, 3.8) is 0 Å². The van der Waals surface area contributed by atoms with Crippen LogP contribution in [0.2, 0.25) is 0 Å². The predicted molar refractivity (Wildman–Crippen MR) is 82.1 cm³/mol. The summed E-state index contributed by atoms with van der Waals surface area (Å²) in [6.07, 6.45) is 9.14. The molecule has 1 aliphatic carbocycles. The fourth-order valence-corrected chi connectivity index (χ4v) is 3.57. The lowest BCUT2D eigenvalue weighted by Crippen LogP contribution is -2.44. The normalized spacial score (nSPS) is 23.9. The minimum Gasteiger partial charge on any atom is -0.339 e. The number of hydrogen-bond donors (Lipinski definition) is 1. The predicted octanol–water partition coefficient (Wildman–Crippen LogP) is 2.55. The van der Waals surface area contributed by atoms with Gasteiger partial charge in [0, 0.05) is 32.6 Å². The van der Waals surface area contributed by atoms with E-state index < -0.39 is 0 Å². The van der Waals surface area contributed by atoms with Crippen LogP contribution >= 0.6 is 0 Å². The van der Waals surface area contributed by atoms with Crippen molar-refractivity contribution in [2.75, 3.05) is 26.2 Å². The third-order valence-corrected chi connectivity index (χ3v) is 4.99. The van der Waals surface area contributed by atoms with E-state index in [1.165, 1.54) is 38.5 Å². The fourth-order valence-electron chi connectivity index (χ4n) is 3.57. The van der Waals surface area contributed by atoms with Gasteiger partial charge in [-0.25, -0.2) is 0 Å². The molecule has 1 aromatic heterocycles. The van der Waals surface area contributed by atoms with Crippen LogP contribution in [0.15, 0.2) is 4.52 Å². The highest BCUT2D eigenvalue weighted by Gasteiger charge is 2.23. The summed E-state index contributed by atoms with van der Waals surface area (Å²) in [6.45, 7) is 6.42. The molecule has 1 saturated heterocycles. The number of hydrogen-bond acceptors (Lipinski definition) is 5. The maximum absolute atomic E-state index is 5.52. The van der Waals surface area contributed by atoms with Gasteiger partial charge in [0.05, 0.1) is 6.04 Å². The molecular formula is C16H28N4O. The molecular weight excluding hydrogens is 264 g/mol. The summed E-state index contributed by atoms with van der Waals surface area (Å²) in [5, 5.41) is 7.61. The molecule has 1 unspecified atom stereocenters. The standard InChI is InChI=1S/C16H28N4O/c1-13(20-10-8-17-9-11-20)16-18-15(21-19-16)12-14-6-4-2-3-5-7-14/h13-14,17H,2-12H2,1H3. The molecule has 2 fully saturated rings. The van der Waals surface area contributed by atoms with Gasteiger partial charge < -0.3 is 9.84 Å². The average Bonchev–Trinajstić information content (AvgIpc) is 2.83. The topological polar surface area (TPSA) is 54.2 Å². The van der Waals surface area contributed by atoms with Gasteiger partial charge in [-0.1, -0.05) is 30.8 Å². The Balaban J connectivity index is 1.57. The second kappa shape index (κ2) is 7.36. The molecule has 1 aromatic rings. The molecule has 1 saturated carbocycles. The molecule has 21 heavy (non-hydrogen) atoms. The van der Waals surface area contributed by atoms with Crippen LogP contribution in [-0.4, -0.2) is 41.2 Å². The fraction of sp³-hybridized carbons (Fsp3) is 0.875. The van der Waals surface area contributed by atoms with Crippen LogP contribution in [0.4, 0.5) is 0 Å². The van der Waals surface area contributed by atoms with E-state index in [0.717, 1.165) is 50.2 Å². The van der Waals surface area contributed by atoms with Gasteiger partial charge in [0.2, 0.25) is 5.89 Å². The van der Waals surface area contributed by atoms with Gasteiger partial charge in [-0.15, -0.1) is 0 Å². The third-order valence-electron chi connectivity index (χ3n) is 4.99. The second-order valence-corrected chi connectivity index (χ2v) is 6.57. The smallest absolute Gasteiger partial charge is 0.226 e. The summed E-state index contributed by atoms with van der Waals surface area (Å²) in [6, 6.07) is 0.263. The first-order chi connectivity index (χ1) is 10.3. The Hall–Kier alpha value is -0.940. The number of piperazine rings is 1. The summed E-state index contributed by atoms with van der Waals surface area (Å²) in [5.74, 6) is 2.45. The van der Waals surface area contributed by atoms with Crippen molar-refractivity contribution in [1.29, 1.82) is 0 Å². The van der Waals surface area contributed by atoms with Crippen molar-refractivity contribution in [3.05, 3.63) is 11.7 Å². The molecule has 3 rings (SSSR count). The Labute approximate surface area is 127 Å². The Morgan fingerprint density at radius 2 is 1.90 bits per heavy atom. The molecule has 0 amide bonds. The zero-order valence-electron chi connectivity index (χ0n) is 13.2. The van der Waals surface area contributed by atoms with Crippen molar-refractivity contribution in [3.8, 4) is 0 Å². The Bertz CT molecular complexity index is 420. The van der Waals surface area contributed by atoms with Gasteiger partial charge in [-0.05, 0) is 25.7 Å². The van der Waals surface area contributed by atoms with E-state index in [0.29, 0.717) is 0 Å². The Morgan fingerprint density at radius 3 is 2.62 bits per heavy atom. The van der Waals surface area contributed by atoms with E-state index in [9.17, 15) is 0 Å². The first kappa shape index (κ1) is 15.0. The second-order valence-electron chi connectivity index (χ2n) is 6.57. The molecule has 0 radical (unpaired) electrons. The summed E-state index contributed by atoms with van der Waals surface area (Å²) < 4.78 is 5.52. The quantitative estimate of drug-likeness (QED) is 0.864. The molecule has 1 atom stereocenters. The van der Waals surface area contributed by atoms with Crippen molar-refractivity contribution >= 4 is 0 Å².